The van der Waals surface area contributed by atoms with Gasteiger partial charge in [-0.25, -0.2) is 0 Å². The number of nitrogens with zero attached hydrogens (tertiary/aromatic N) is 2. The van der Waals surface area contributed by atoms with Crippen LogP contribution in [-0.4, -0.2) is 30.5 Å². The molecule has 1 aliphatic rings. The van der Waals surface area contributed by atoms with Crippen LogP contribution in [-0.2, 0) is 4.79 Å². The Morgan fingerprint density at radius 3 is 2.96 bits per heavy atom. The van der Waals surface area contributed by atoms with E-state index in [-0.39, 0.29) is 17.5 Å². The Morgan fingerprint density at radius 2 is 2.30 bits per heavy atom. The highest BCUT2D eigenvalue weighted by atomic mass is 35.5. The zero-order valence-electron chi connectivity index (χ0n) is 13.3. The van der Waals surface area contributed by atoms with Crippen molar-refractivity contribution in [3.8, 4) is 0 Å². The number of nitro groups is 1. The van der Waals surface area contributed by atoms with Crippen LogP contribution in [0.3, 0.4) is 0 Å². The van der Waals surface area contributed by atoms with Crippen molar-refractivity contribution >= 4 is 28.9 Å². The van der Waals surface area contributed by atoms with Crippen LogP contribution in [0.4, 0.5) is 11.4 Å². The van der Waals surface area contributed by atoms with Crippen LogP contribution >= 0.6 is 11.6 Å². The largest absolute Gasteiger partial charge is 0.370 e. The molecule has 2 rings (SSSR count). The molecule has 1 atom stereocenters. The molecule has 0 radical (unpaired) electrons. The number of piperidine rings is 1. The first-order valence-electron chi connectivity index (χ1n) is 7.99. The molecule has 7 heteroatoms. The van der Waals surface area contributed by atoms with Gasteiger partial charge in [-0.05, 0) is 25.3 Å². The monoisotopic (exact) mass is 339 g/mol. The number of benzene rings is 1. The first-order valence-corrected chi connectivity index (χ1v) is 8.37. The molecular weight excluding hydrogens is 318 g/mol. The van der Waals surface area contributed by atoms with Gasteiger partial charge in [-0.3, -0.25) is 14.9 Å². The van der Waals surface area contributed by atoms with Crippen LogP contribution in [0, 0.1) is 16.0 Å². The van der Waals surface area contributed by atoms with Crippen molar-refractivity contribution in [2.75, 3.05) is 24.5 Å². The van der Waals surface area contributed by atoms with Gasteiger partial charge in [-0.15, -0.1) is 0 Å². The maximum Gasteiger partial charge on any atom is 0.271 e. The Morgan fingerprint density at radius 1 is 1.52 bits per heavy atom. The third-order valence-electron chi connectivity index (χ3n) is 4.10. The third kappa shape index (κ3) is 4.58. The van der Waals surface area contributed by atoms with E-state index in [1.165, 1.54) is 12.1 Å². The van der Waals surface area contributed by atoms with E-state index < -0.39 is 4.92 Å². The van der Waals surface area contributed by atoms with Crippen molar-refractivity contribution in [2.45, 2.75) is 32.6 Å². The minimum absolute atomic E-state index is 0.0235. The smallest absolute Gasteiger partial charge is 0.271 e. The van der Waals surface area contributed by atoms with Crippen LogP contribution in [0.5, 0.6) is 0 Å². The molecular formula is C16H22ClN3O3. The molecule has 1 amide bonds. The molecule has 0 aromatic heterocycles. The SMILES string of the molecule is CCCCNC(=O)C1CCCN(c2ccc([N+](=O)[O-])cc2Cl)C1. The van der Waals surface area contributed by atoms with Crippen LogP contribution in [0.2, 0.25) is 5.02 Å². The fourth-order valence-electron chi connectivity index (χ4n) is 2.81. The number of anilines is 1. The van der Waals surface area contributed by atoms with Crippen molar-refractivity contribution in [2.24, 2.45) is 5.92 Å². The molecule has 0 saturated carbocycles. The zero-order chi connectivity index (χ0) is 16.8. The lowest BCUT2D eigenvalue weighted by atomic mass is 9.96. The summed E-state index contributed by atoms with van der Waals surface area (Å²) in [7, 11) is 0. The van der Waals surface area contributed by atoms with Gasteiger partial charge in [0, 0.05) is 31.8 Å². The van der Waals surface area contributed by atoms with Crippen molar-refractivity contribution in [3.05, 3.63) is 33.3 Å². The Bertz CT molecular complexity index is 580. The lowest BCUT2D eigenvalue weighted by molar-refractivity contribution is -0.384. The van der Waals surface area contributed by atoms with E-state index in [9.17, 15) is 14.9 Å². The number of unbranched alkanes of at least 4 members (excludes halogenated alkanes) is 1. The predicted octanol–water partition coefficient (Wildman–Crippen LogP) is 3.38. The van der Waals surface area contributed by atoms with E-state index >= 15 is 0 Å². The van der Waals surface area contributed by atoms with Gasteiger partial charge in [0.05, 0.1) is 21.6 Å². The average molecular weight is 340 g/mol. The van der Waals surface area contributed by atoms with Crippen molar-refractivity contribution in [1.29, 1.82) is 0 Å². The summed E-state index contributed by atoms with van der Waals surface area (Å²) in [5.74, 6) is 0.0213. The molecule has 1 saturated heterocycles. The molecule has 1 aliphatic heterocycles. The van der Waals surface area contributed by atoms with Crippen LogP contribution in [0.25, 0.3) is 0 Å². The summed E-state index contributed by atoms with van der Waals surface area (Å²) in [5, 5.41) is 14.1. The summed E-state index contributed by atoms with van der Waals surface area (Å²) >= 11 is 6.19. The van der Waals surface area contributed by atoms with E-state index in [1.54, 1.807) is 6.07 Å². The van der Waals surface area contributed by atoms with Gasteiger partial charge in [-0.2, -0.15) is 0 Å². The van der Waals surface area contributed by atoms with Crippen LogP contribution < -0.4 is 10.2 Å². The number of nitrogens with one attached hydrogen (secondary N) is 1. The number of hydrogen-bond acceptors (Lipinski definition) is 4. The van der Waals surface area contributed by atoms with Gasteiger partial charge >= 0.3 is 0 Å². The summed E-state index contributed by atoms with van der Waals surface area (Å²) in [4.78, 5) is 24.6. The zero-order valence-corrected chi connectivity index (χ0v) is 14.0. The fraction of sp³-hybridized carbons (Fsp3) is 0.562. The minimum Gasteiger partial charge on any atom is -0.370 e. The predicted molar refractivity (Wildman–Crippen MR) is 91.0 cm³/mol. The maximum atomic E-state index is 12.2. The number of carbonyl (C=O) groups excluding carboxylic acids is 1. The lowest BCUT2D eigenvalue weighted by Crippen LogP contribution is -2.43. The molecule has 1 heterocycles. The number of amides is 1. The third-order valence-corrected chi connectivity index (χ3v) is 4.41. The standard InChI is InChI=1S/C16H22ClN3O3/c1-2-3-8-18-16(21)12-5-4-9-19(11-12)15-7-6-13(20(22)23)10-14(15)17/h6-7,10,12H,2-5,8-9,11H2,1H3,(H,18,21). The summed E-state index contributed by atoms with van der Waals surface area (Å²) in [6.07, 6.45) is 3.80. The van der Waals surface area contributed by atoms with Gasteiger partial charge in [0.15, 0.2) is 0 Å². The molecule has 23 heavy (non-hydrogen) atoms. The molecule has 0 spiro atoms. The number of non-ortho nitro benzene ring substituents is 1. The van der Waals surface area contributed by atoms with E-state index in [4.69, 9.17) is 11.6 Å². The van der Waals surface area contributed by atoms with E-state index in [0.29, 0.717) is 18.1 Å². The highest BCUT2D eigenvalue weighted by molar-refractivity contribution is 6.33. The minimum atomic E-state index is -0.462. The van der Waals surface area contributed by atoms with Crippen LogP contribution in [0.15, 0.2) is 18.2 Å². The number of rotatable bonds is 6. The number of hydrogen-bond donors (Lipinski definition) is 1. The van der Waals surface area contributed by atoms with E-state index in [2.05, 4.69) is 12.2 Å². The molecule has 1 N–H and O–H groups in total. The second kappa shape index (κ2) is 8.15. The van der Waals surface area contributed by atoms with Gasteiger partial charge in [0.2, 0.25) is 5.91 Å². The van der Waals surface area contributed by atoms with Gasteiger partial charge < -0.3 is 10.2 Å². The van der Waals surface area contributed by atoms with Gasteiger partial charge in [-0.1, -0.05) is 24.9 Å². The summed E-state index contributed by atoms with van der Waals surface area (Å²) < 4.78 is 0. The fourth-order valence-corrected chi connectivity index (χ4v) is 3.10. The molecule has 1 aromatic rings. The normalized spacial score (nSPS) is 17.8. The Balaban J connectivity index is 2.03. The number of halogens is 1. The molecule has 1 unspecified atom stereocenters. The highest BCUT2D eigenvalue weighted by Crippen LogP contribution is 2.32. The molecule has 6 nitrogen and oxygen atoms in total. The Kier molecular flexibility index (Phi) is 6.21. The van der Waals surface area contributed by atoms with Crippen molar-refractivity contribution in [1.82, 2.24) is 5.32 Å². The average Bonchev–Trinajstić information content (AvgIpc) is 2.55. The van der Waals surface area contributed by atoms with Gasteiger partial charge in [0.1, 0.15) is 0 Å². The molecule has 1 fully saturated rings. The highest BCUT2D eigenvalue weighted by Gasteiger charge is 2.27. The maximum absolute atomic E-state index is 12.2. The Labute approximate surface area is 141 Å². The second-order valence-electron chi connectivity index (χ2n) is 5.82. The van der Waals surface area contributed by atoms with Gasteiger partial charge in [0.25, 0.3) is 5.69 Å². The van der Waals surface area contributed by atoms with Crippen molar-refractivity contribution in [3.63, 3.8) is 0 Å². The quantitative estimate of drug-likeness (QED) is 0.489. The Hall–Kier alpha value is -1.82. The summed E-state index contributed by atoms with van der Waals surface area (Å²) in [5.41, 5.74) is 0.730. The van der Waals surface area contributed by atoms with E-state index in [1.807, 2.05) is 4.90 Å². The molecule has 126 valence electrons. The first kappa shape index (κ1) is 17.5. The lowest BCUT2D eigenvalue weighted by Gasteiger charge is -2.34. The summed E-state index contributed by atoms with van der Waals surface area (Å²) in [6, 6.07) is 4.48. The molecule has 0 bridgehead atoms. The van der Waals surface area contributed by atoms with Crippen LogP contribution in [0.1, 0.15) is 32.6 Å². The molecule has 1 aromatic carbocycles. The second-order valence-corrected chi connectivity index (χ2v) is 6.23. The number of carbonyl (C=O) groups is 1. The summed E-state index contributed by atoms with van der Waals surface area (Å²) in [6.45, 7) is 4.20. The topological polar surface area (TPSA) is 75.5 Å². The number of nitro benzene ring substituents is 1. The first-order chi connectivity index (χ1) is 11.0. The molecule has 0 aliphatic carbocycles. The van der Waals surface area contributed by atoms with Crippen molar-refractivity contribution < 1.29 is 9.72 Å². The van der Waals surface area contributed by atoms with E-state index in [0.717, 1.165) is 37.9 Å².